The van der Waals surface area contributed by atoms with Crippen LogP contribution in [0.3, 0.4) is 0 Å². The maximum atomic E-state index is 12.8. The van der Waals surface area contributed by atoms with E-state index in [1.807, 2.05) is 32.0 Å². The number of ether oxygens (including phenoxy) is 1. The van der Waals surface area contributed by atoms with Crippen LogP contribution >= 0.6 is 11.8 Å². The Labute approximate surface area is 183 Å². The van der Waals surface area contributed by atoms with Crippen molar-refractivity contribution in [3.8, 4) is 0 Å². The summed E-state index contributed by atoms with van der Waals surface area (Å²) in [5.74, 6) is 0.604. The molecule has 6 nitrogen and oxygen atoms in total. The first-order chi connectivity index (χ1) is 14.5. The number of hydrogen-bond acceptors (Lipinski definition) is 5. The molecule has 3 rings (SSSR count). The van der Waals surface area contributed by atoms with Crippen LogP contribution in [0.25, 0.3) is 0 Å². The third-order valence-corrected chi connectivity index (χ3v) is 8.31. The third kappa shape index (κ3) is 5.43. The fourth-order valence-electron chi connectivity index (χ4n) is 3.36. The maximum Gasteiger partial charge on any atom is 0.256 e. The van der Waals surface area contributed by atoms with Crippen LogP contribution in [-0.2, 0) is 14.8 Å². The van der Waals surface area contributed by atoms with Crippen LogP contribution in [0.15, 0.2) is 58.3 Å². The minimum absolute atomic E-state index is 0.218. The Morgan fingerprint density at radius 2 is 1.83 bits per heavy atom. The quantitative estimate of drug-likeness (QED) is 0.581. The molecule has 1 saturated heterocycles. The third-order valence-electron chi connectivity index (χ3n) is 5.04. The molecule has 30 heavy (non-hydrogen) atoms. The lowest BCUT2D eigenvalue weighted by atomic mass is 10.2. The highest BCUT2D eigenvalue weighted by atomic mass is 32.2. The number of rotatable bonds is 9. The highest BCUT2D eigenvalue weighted by molar-refractivity contribution is 7.99. The van der Waals surface area contributed by atoms with Gasteiger partial charge < -0.3 is 10.1 Å². The van der Waals surface area contributed by atoms with E-state index < -0.39 is 10.0 Å². The molecular weight excluding hydrogens is 420 g/mol. The second-order valence-corrected chi connectivity index (χ2v) is 10.0. The van der Waals surface area contributed by atoms with Gasteiger partial charge in [-0.25, -0.2) is 8.42 Å². The largest absolute Gasteiger partial charge is 0.377 e. The van der Waals surface area contributed by atoms with Gasteiger partial charge in [-0.1, -0.05) is 26.0 Å². The van der Waals surface area contributed by atoms with E-state index in [1.54, 1.807) is 30.0 Å². The zero-order valence-electron chi connectivity index (χ0n) is 17.3. The average Bonchev–Trinajstić information content (AvgIpc) is 3.27. The number of carbonyl (C=O) groups excluding carboxylic acids is 1. The smallest absolute Gasteiger partial charge is 0.256 e. The summed E-state index contributed by atoms with van der Waals surface area (Å²) >= 11 is 1.63. The summed E-state index contributed by atoms with van der Waals surface area (Å²) in [5, 5.41) is 2.87. The molecule has 0 spiro atoms. The Bertz CT molecular complexity index is 951. The van der Waals surface area contributed by atoms with Gasteiger partial charge in [0.1, 0.15) is 0 Å². The van der Waals surface area contributed by atoms with E-state index in [4.69, 9.17) is 4.74 Å². The van der Waals surface area contributed by atoms with Gasteiger partial charge in [0.05, 0.1) is 16.6 Å². The lowest BCUT2D eigenvalue weighted by Gasteiger charge is -2.18. The van der Waals surface area contributed by atoms with Gasteiger partial charge in [-0.3, -0.25) is 4.79 Å². The predicted octanol–water partition coefficient (Wildman–Crippen LogP) is 4.24. The number of amides is 1. The molecule has 162 valence electrons. The number of hydrogen-bond donors (Lipinski definition) is 1. The number of sulfonamides is 1. The molecule has 0 bridgehead atoms. The minimum atomic E-state index is -3.52. The second kappa shape index (κ2) is 10.4. The van der Waals surface area contributed by atoms with Crippen LogP contribution < -0.4 is 5.32 Å². The molecular formula is C22H28N2O4S2. The van der Waals surface area contributed by atoms with Crippen molar-refractivity contribution in [1.29, 1.82) is 0 Å². The lowest BCUT2D eigenvalue weighted by Crippen LogP contribution is -2.30. The van der Waals surface area contributed by atoms with E-state index in [0.717, 1.165) is 30.1 Å². The number of nitrogens with one attached hydrogen (secondary N) is 1. The van der Waals surface area contributed by atoms with E-state index in [2.05, 4.69) is 5.32 Å². The van der Waals surface area contributed by atoms with Crippen molar-refractivity contribution in [2.75, 3.05) is 30.8 Å². The first-order valence-electron chi connectivity index (χ1n) is 10.2. The molecule has 0 aliphatic carbocycles. The number of nitrogens with zero attached hydrogens (tertiary/aromatic N) is 1. The van der Waals surface area contributed by atoms with Crippen LogP contribution in [0.5, 0.6) is 0 Å². The Hall–Kier alpha value is -1.87. The van der Waals surface area contributed by atoms with Crippen molar-refractivity contribution in [2.24, 2.45) is 0 Å². The number of benzene rings is 2. The second-order valence-electron chi connectivity index (χ2n) is 7.01. The zero-order chi connectivity index (χ0) is 21.6. The molecule has 2 aromatic rings. The molecule has 2 aromatic carbocycles. The van der Waals surface area contributed by atoms with Gasteiger partial charge in [0, 0.05) is 36.0 Å². The first kappa shape index (κ1) is 22.8. The van der Waals surface area contributed by atoms with Crippen molar-refractivity contribution in [1.82, 2.24) is 4.31 Å². The summed E-state index contributed by atoms with van der Waals surface area (Å²) in [6.45, 7) is 5.26. The number of carbonyl (C=O) groups is 1. The van der Waals surface area contributed by atoms with Gasteiger partial charge in [0.2, 0.25) is 10.0 Å². The molecule has 1 heterocycles. The standard InChI is InChI=1S/C22H28N2O4S2/c1-3-24(4-2)30(26,27)19-13-11-17(12-14-19)23-22(25)20-9-5-6-10-21(20)29-16-18-8-7-15-28-18/h5-6,9-14,18H,3-4,7-8,15-16H2,1-2H3,(H,23,25). The van der Waals surface area contributed by atoms with Gasteiger partial charge in [0.25, 0.3) is 5.91 Å². The van der Waals surface area contributed by atoms with Crippen LogP contribution in [0, 0.1) is 0 Å². The molecule has 1 fully saturated rings. The molecule has 0 saturated carbocycles. The fraction of sp³-hybridized carbons (Fsp3) is 0.409. The van der Waals surface area contributed by atoms with Gasteiger partial charge in [-0.15, -0.1) is 11.8 Å². The summed E-state index contributed by atoms with van der Waals surface area (Å²) in [5.41, 5.74) is 1.15. The molecule has 0 radical (unpaired) electrons. The highest BCUT2D eigenvalue weighted by Crippen LogP contribution is 2.27. The van der Waals surface area contributed by atoms with Crippen LogP contribution in [-0.4, -0.2) is 50.2 Å². The Balaban J connectivity index is 1.69. The van der Waals surface area contributed by atoms with Gasteiger partial charge in [0.15, 0.2) is 0 Å². The normalized spacial score (nSPS) is 16.7. The summed E-state index contributed by atoms with van der Waals surface area (Å²) in [6.07, 6.45) is 2.39. The highest BCUT2D eigenvalue weighted by Gasteiger charge is 2.22. The zero-order valence-corrected chi connectivity index (χ0v) is 19.0. The number of anilines is 1. The molecule has 1 aliphatic rings. The van der Waals surface area contributed by atoms with E-state index in [9.17, 15) is 13.2 Å². The average molecular weight is 449 g/mol. The lowest BCUT2D eigenvalue weighted by molar-refractivity contribution is 0.102. The van der Waals surface area contributed by atoms with Gasteiger partial charge in [-0.05, 0) is 49.2 Å². The Kier molecular flexibility index (Phi) is 7.93. The topological polar surface area (TPSA) is 75.7 Å². The molecule has 1 unspecified atom stereocenters. The van der Waals surface area contributed by atoms with Crippen LogP contribution in [0.4, 0.5) is 5.69 Å². The monoisotopic (exact) mass is 448 g/mol. The van der Waals surface area contributed by atoms with Crippen molar-refractivity contribution in [3.63, 3.8) is 0 Å². The predicted molar refractivity (Wildman–Crippen MR) is 121 cm³/mol. The summed E-state index contributed by atoms with van der Waals surface area (Å²) < 4.78 is 32.3. The van der Waals surface area contributed by atoms with Crippen LogP contribution in [0.1, 0.15) is 37.0 Å². The van der Waals surface area contributed by atoms with Gasteiger partial charge in [-0.2, -0.15) is 4.31 Å². The first-order valence-corrected chi connectivity index (χ1v) is 12.6. The van der Waals surface area contributed by atoms with E-state index in [-0.39, 0.29) is 16.9 Å². The summed E-state index contributed by atoms with van der Waals surface area (Å²) in [4.78, 5) is 14.0. The minimum Gasteiger partial charge on any atom is -0.377 e. The van der Waals surface area contributed by atoms with Crippen molar-refractivity contribution in [2.45, 2.75) is 42.6 Å². The summed E-state index contributed by atoms with van der Waals surface area (Å²) in [7, 11) is -3.52. The molecule has 1 N–H and O–H groups in total. The number of thioether (sulfide) groups is 1. The van der Waals surface area contributed by atoms with Crippen molar-refractivity contribution >= 4 is 33.4 Å². The molecule has 1 atom stereocenters. The molecule has 1 aliphatic heterocycles. The van der Waals surface area contributed by atoms with Crippen molar-refractivity contribution in [3.05, 3.63) is 54.1 Å². The maximum absolute atomic E-state index is 12.8. The van der Waals surface area contributed by atoms with E-state index >= 15 is 0 Å². The van der Waals surface area contributed by atoms with E-state index in [0.29, 0.717) is 24.3 Å². The molecule has 8 heteroatoms. The molecule has 0 aromatic heterocycles. The Morgan fingerprint density at radius 1 is 1.13 bits per heavy atom. The van der Waals surface area contributed by atoms with Crippen molar-refractivity contribution < 1.29 is 17.9 Å². The summed E-state index contributed by atoms with van der Waals surface area (Å²) in [6, 6.07) is 13.8. The SMILES string of the molecule is CCN(CC)S(=O)(=O)c1ccc(NC(=O)c2ccccc2SCC2CCCO2)cc1. The van der Waals surface area contributed by atoms with Crippen LogP contribution in [0.2, 0.25) is 0 Å². The Morgan fingerprint density at radius 3 is 2.47 bits per heavy atom. The fourth-order valence-corrected chi connectivity index (χ4v) is 5.94. The van der Waals surface area contributed by atoms with Gasteiger partial charge >= 0.3 is 0 Å². The molecule has 1 amide bonds. The van der Waals surface area contributed by atoms with E-state index in [1.165, 1.54) is 16.4 Å².